The van der Waals surface area contributed by atoms with Crippen molar-refractivity contribution >= 4 is 29.2 Å². The van der Waals surface area contributed by atoms with Gasteiger partial charge >= 0.3 is 6.03 Å². The molecule has 0 fully saturated rings. The van der Waals surface area contributed by atoms with Gasteiger partial charge in [-0.3, -0.25) is 9.59 Å². The maximum absolute atomic E-state index is 12.5. The van der Waals surface area contributed by atoms with Gasteiger partial charge in [0.1, 0.15) is 0 Å². The van der Waals surface area contributed by atoms with Gasteiger partial charge in [0.05, 0.1) is 12.1 Å². The third kappa shape index (κ3) is 4.30. The molecule has 156 valence electrons. The molecule has 0 aromatic heterocycles. The Morgan fingerprint density at radius 3 is 1.63 bits per heavy atom. The molecule has 2 aromatic carbocycles. The predicted octanol–water partition coefficient (Wildman–Crippen LogP) is 3.58. The average Bonchev–Trinajstić information content (AvgIpc) is 2.72. The summed E-state index contributed by atoms with van der Waals surface area (Å²) in [7, 11) is 0. The van der Waals surface area contributed by atoms with Crippen LogP contribution in [0.5, 0.6) is 0 Å². The highest BCUT2D eigenvalue weighted by Crippen LogP contribution is 2.27. The van der Waals surface area contributed by atoms with E-state index < -0.39 is 0 Å². The Hall–Kier alpha value is -3.35. The Balaban J connectivity index is 1.37. The van der Waals surface area contributed by atoms with E-state index in [4.69, 9.17) is 0 Å². The predicted molar refractivity (Wildman–Crippen MR) is 115 cm³/mol. The summed E-state index contributed by atoms with van der Waals surface area (Å²) in [5.41, 5.74) is 5.88. The number of amides is 4. The largest absolute Gasteiger partial charge is 0.332 e. The number of aryl methyl sites for hydroxylation is 2. The van der Waals surface area contributed by atoms with Crippen LogP contribution in [0.1, 0.15) is 61.0 Å². The second-order valence-electron chi connectivity index (χ2n) is 7.99. The van der Waals surface area contributed by atoms with Crippen LogP contribution >= 0.6 is 0 Å². The number of carbonyl (C=O) groups is 3. The van der Waals surface area contributed by atoms with Crippen LogP contribution in [-0.4, -0.2) is 17.8 Å². The first-order chi connectivity index (χ1) is 14.4. The number of fused-ring (bicyclic) bond motifs is 2. The van der Waals surface area contributed by atoms with E-state index in [0.29, 0.717) is 25.7 Å². The normalized spacial score (nSPS) is 17.0. The van der Waals surface area contributed by atoms with Gasteiger partial charge in [0.2, 0.25) is 11.8 Å². The number of nitrogens with one attached hydrogen (secondary N) is 4. The first kappa shape index (κ1) is 19.9. The van der Waals surface area contributed by atoms with Gasteiger partial charge in [0.15, 0.2) is 0 Å². The zero-order valence-corrected chi connectivity index (χ0v) is 17.2. The van der Waals surface area contributed by atoms with Crippen LogP contribution in [-0.2, 0) is 22.4 Å². The van der Waals surface area contributed by atoms with Gasteiger partial charge in [-0.1, -0.05) is 24.3 Å². The van der Waals surface area contributed by atoms with Gasteiger partial charge < -0.3 is 21.3 Å². The number of anilines is 2. The molecule has 7 nitrogen and oxygen atoms in total. The Morgan fingerprint density at radius 2 is 1.20 bits per heavy atom. The summed E-state index contributed by atoms with van der Waals surface area (Å²) in [5, 5.41) is 11.7. The van der Waals surface area contributed by atoms with Crippen molar-refractivity contribution in [2.24, 2.45) is 0 Å². The molecule has 0 radical (unpaired) electrons. The van der Waals surface area contributed by atoms with Crippen molar-refractivity contribution in [2.75, 3.05) is 10.6 Å². The van der Waals surface area contributed by atoms with Crippen LogP contribution in [0.25, 0.3) is 0 Å². The molecular formula is C23H26N4O3. The van der Waals surface area contributed by atoms with Gasteiger partial charge in [-0.2, -0.15) is 0 Å². The fourth-order valence-electron chi connectivity index (χ4n) is 3.95. The van der Waals surface area contributed by atoms with Gasteiger partial charge in [0, 0.05) is 24.2 Å². The maximum atomic E-state index is 12.5. The van der Waals surface area contributed by atoms with Gasteiger partial charge in [-0.25, -0.2) is 4.79 Å². The van der Waals surface area contributed by atoms with Crippen LogP contribution in [0.2, 0.25) is 0 Å². The summed E-state index contributed by atoms with van der Waals surface area (Å²) in [6, 6.07) is 11.2. The molecule has 0 aliphatic carbocycles. The molecule has 30 heavy (non-hydrogen) atoms. The summed E-state index contributed by atoms with van der Waals surface area (Å²) in [4.78, 5) is 35.6. The van der Waals surface area contributed by atoms with Gasteiger partial charge in [-0.05, 0) is 61.1 Å². The summed E-state index contributed by atoms with van der Waals surface area (Å²) >= 11 is 0. The monoisotopic (exact) mass is 406 g/mol. The molecule has 2 aliphatic heterocycles. The topological polar surface area (TPSA) is 99.3 Å². The van der Waals surface area contributed by atoms with E-state index in [-0.39, 0.29) is 29.9 Å². The van der Waals surface area contributed by atoms with Crippen LogP contribution in [0, 0.1) is 0 Å². The highest BCUT2D eigenvalue weighted by molar-refractivity contribution is 5.94. The first-order valence-electron chi connectivity index (χ1n) is 10.3. The Kier molecular flexibility index (Phi) is 5.44. The van der Waals surface area contributed by atoms with Crippen molar-refractivity contribution in [3.8, 4) is 0 Å². The molecule has 2 atom stereocenters. The van der Waals surface area contributed by atoms with Crippen molar-refractivity contribution < 1.29 is 14.4 Å². The maximum Gasteiger partial charge on any atom is 0.315 e. The fraction of sp³-hybridized carbons (Fsp3) is 0.348. The van der Waals surface area contributed by atoms with Crippen molar-refractivity contribution in [1.29, 1.82) is 0 Å². The summed E-state index contributed by atoms with van der Waals surface area (Å²) in [6.45, 7) is 3.88. The standard InChI is InChI=1S/C23H26N4O3/c1-13(15-3-7-19-17(11-15)5-9-21(28)26-19)24-23(30)25-14(2)16-4-8-20-18(12-16)6-10-22(29)27-20/h3-4,7-8,11-14H,5-6,9-10H2,1-2H3,(H,26,28)(H,27,29)(H2,24,25,30)/t13-,14-/m1/s1. The lowest BCUT2D eigenvalue weighted by molar-refractivity contribution is -0.117. The van der Waals surface area contributed by atoms with E-state index in [2.05, 4.69) is 21.3 Å². The molecule has 0 unspecified atom stereocenters. The van der Waals surface area contributed by atoms with Crippen molar-refractivity contribution in [1.82, 2.24) is 10.6 Å². The highest BCUT2D eigenvalue weighted by atomic mass is 16.2. The van der Waals surface area contributed by atoms with Crippen LogP contribution in [0.3, 0.4) is 0 Å². The number of benzene rings is 2. The Labute approximate surface area is 175 Å². The summed E-state index contributed by atoms with van der Waals surface area (Å²) in [6.07, 6.45) is 2.40. The molecule has 7 heteroatoms. The summed E-state index contributed by atoms with van der Waals surface area (Å²) < 4.78 is 0. The highest BCUT2D eigenvalue weighted by Gasteiger charge is 2.19. The van der Waals surface area contributed by atoms with Crippen LogP contribution < -0.4 is 21.3 Å². The summed E-state index contributed by atoms with van der Waals surface area (Å²) in [5.74, 6) is 0.0821. The molecule has 4 rings (SSSR count). The van der Waals surface area contributed by atoms with Gasteiger partial charge in [0.25, 0.3) is 0 Å². The smallest absolute Gasteiger partial charge is 0.315 e. The minimum absolute atomic E-state index is 0.0411. The lowest BCUT2D eigenvalue weighted by atomic mass is 9.97. The number of rotatable bonds is 4. The zero-order chi connectivity index (χ0) is 21.3. The van der Waals surface area contributed by atoms with E-state index in [0.717, 1.165) is 33.6 Å². The average molecular weight is 406 g/mol. The van der Waals surface area contributed by atoms with Crippen molar-refractivity contribution in [3.05, 3.63) is 58.7 Å². The fourth-order valence-corrected chi connectivity index (χ4v) is 3.95. The second-order valence-corrected chi connectivity index (χ2v) is 7.99. The molecule has 0 bridgehead atoms. The third-order valence-electron chi connectivity index (χ3n) is 5.74. The second kappa shape index (κ2) is 8.18. The van der Waals surface area contributed by atoms with E-state index in [1.807, 2.05) is 50.2 Å². The van der Waals surface area contributed by atoms with E-state index in [9.17, 15) is 14.4 Å². The van der Waals surface area contributed by atoms with Crippen LogP contribution in [0.15, 0.2) is 36.4 Å². The molecular weight excluding hydrogens is 380 g/mol. The molecule has 0 saturated heterocycles. The van der Waals surface area contributed by atoms with E-state index >= 15 is 0 Å². The SMILES string of the molecule is C[C@@H](NC(=O)N[C@H](C)c1ccc2c(c1)CCC(=O)N2)c1ccc2c(c1)CCC(=O)N2. The van der Waals surface area contributed by atoms with E-state index in [1.54, 1.807) is 0 Å². The lowest BCUT2D eigenvalue weighted by Crippen LogP contribution is -2.38. The first-order valence-corrected chi connectivity index (χ1v) is 10.3. The third-order valence-corrected chi connectivity index (χ3v) is 5.74. The molecule has 2 heterocycles. The minimum Gasteiger partial charge on any atom is -0.332 e. The van der Waals surface area contributed by atoms with E-state index in [1.165, 1.54) is 0 Å². The number of urea groups is 1. The van der Waals surface area contributed by atoms with Crippen molar-refractivity contribution in [2.45, 2.75) is 51.6 Å². The molecule has 4 amide bonds. The lowest BCUT2D eigenvalue weighted by Gasteiger charge is -2.23. The van der Waals surface area contributed by atoms with Crippen molar-refractivity contribution in [3.63, 3.8) is 0 Å². The number of hydrogen-bond donors (Lipinski definition) is 4. The number of carbonyl (C=O) groups excluding carboxylic acids is 3. The molecule has 2 aromatic rings. The van der Waals surface area contributed by atoms with Gasteiger partial charge in [-0.15, -0.1) is 0 Å². The zero-order valence-electron chi connectivity index (χ0n) is 17.2. The Morgan fingerprint density at radius 1 is 0.767 bits per heavy atom. The molecule has 0 saturated carbocycles. The quantitative estimate of drug-likeness (QED) is 0.624. The minimum atomic E-state index is -0.243. The molecule has 0 spiro atoms. The molecule has 2 aliphatic rings. The number of hydrogen-bond acceptors (Lipinski definition) is 3. The van der Waals surface area contributed by atoms with Crippen LogP contribution in [0.4, 0.5) is 16.2 Å². The Bertz CT molecular complexity index is 938. The molecule has 4 N–H and O–H groups in total.